The van der Waals surface area contributed by atoms with E-state index in [-0.39, 0.29) is 18.2 Å². The second kappa shape index (κ2) is 3.87. The number of amides is 1. The maximum absolute atomic E-state index is 11.1. The van der Waals surface area contributed by atoms with Crippen molar-refractivity contribution in [1.29, 1.82) is 0 Å². The lowest BCUT2D eigenvalue weighted by Crippen LogP contribution is -2.30. The van der Waals surface area contributed by atoms with Gasteiger partial charge in [-0.2, -0.15) is 0 Å². The van der Waals surface area contributed by atoms with Crippen molar-refractivity contribution in [2.24, 2.45) is 0 Å². The molecule has 0 aliphatic heterocycles. The van der Waals surface area contributed by atoms with Gasteiger partial charge in [0, 0.05) is 12.6 Å². The highest BCUT2D eigenvalue weighted by atomic mass is 16.5. The van der Waals surface area contributed by atoms with Crippen LogP contribution in [0, 0.1) is 0 Å². The molecule has 2 N–H and O–H groups in total. The van der Waals surface area contributed by atoms with Gasteiger partial charge >= 0.3 is 0 Å². The smallest absolute Gasteiger partial charge is 0.289 e. The lowest BCUT2D eigenvalue weighted by molar-refractivity contribution is 0.0887. The highest BCUT2D eigenvalue weighted by molar-refractivity contribution is 5.91. The average Bonchev–Trinajstić information content (AvgIpc) is 2.51. The van der Waals surface area contributed by atoms with Crippen molar-refractivity contribution >= 4 is 5.91 Å². The van der Waals surface area contributed by atoms with Gasteiger partial charge in [-0.1, -0.05) is 5.16 Å². The van der Waals surface area contributed by atoms with Gasteiger partial charge in [0.05, 0.1) is 12.3 Å². The molecule has 0 aliphatic carbocycles. The Kier molecular flexibility index (Phi) is 2.82. The molecule has 0 aliphatic rings. The molecular formula is C7H10N2O3. The van der Waals surface area contributed by atoms with Gasteiger partial charge in [0.15, 0.2) is 0 Å². The van der Waals surface area contributed by atoms with E-state index in [0.29, 0.717) is 0 Å². The normalized spacial score (nSPS) is 12.5. The van der Waals surface area contributed by atoms with Crippen LogP contribution in [0.25, 0.3) is 0 Å². The molecule has 5 nitrogen and oxygen atoms in total. The van der Waals surface area contributed by atoms with Crippen LogP contribution in [0.1, 0.15) is 17.5 Å². The van der Waals surface area contributed by atoms with E-state index in [1.54, 1.807) is 6.92 Å². The maximum atomic E-state index is 11.1. The second-order valence-corrected chi connectivity index (χ2v) is 2.44. The SMILES string of the molecule is C[C@@H](O)CNC(=O)c1ccno1. The molecule has 1 heterocycles. The van der Waals surface area contributed by atoms with E-state index in [0.717, 1.165) is 0 Å². The fourth-order valence-electron chi connectivity index (χ4n) is 0.660. The number of carbonyl (C=O) groups is 1. The van der Waals surface area contributed by atoms with Gasteiger partial charge in [0.25, 0.3) is 5.91 Å². The summed E-state index contributed by atoms with van der Waals surface area (Å²) in [6, 6.07) is 1.46. The lowest BCUT2D eigenvalue weighted by Gasteiger charge is -2.03. The standard InChI is InChI=1S/C7H10N2O3/c1-5(10)4-8-7(11)6-2-3-9-12-6/h2-3,5,10H,4H2,1H3,(H,8,11)/t5-/m1/s1. The van der Waals surface area contributed by atoms with Crippen LogP contribution in [0.5, 0.6) is 0 Å². The van der Waals surface area contributed by atoms with Gasteiger partial charge in [0.2, 0.25) is 5.76 Å². The first-order chi connectivity index (χ1) is 5.70. The van der Waals surface area contributed by atoms with Crippen LogP contribution < -0.4 is 5.32 Å². The molecule has 0 aromatic carbocycles. The Morgan fingerprint density at radius 3 is 3.17 bits per heavy atom. The Bertz CT molecular complexity index is 243. The molecule has 0 fully saturated rings. The van der Waals surface area contributed by atoms with E-state index >= 15 is 0 Å². The number of hydrogen-bond acceptors (Lipinski definition) is 4. The Balaban J connectivity index is 2.40. The number of hydrogen-bond donors (Lipinski definition) is 2. The van der Waals surface area contributed by atoms with Crippen LogP contribution in [0.15, 0.2) is 16.8 Å². The highest BCUT2D eigenvalue weighted by Crippen LogP contribution is 1.95. The summed E-state index contributed by atoms with van der Waals surface area (Å²) >= 11 is 0. The molecule has 1 amide bonds. The van der Waals surface area contributed by atoms with Gasteiger partial charge in [-0.05, 0) is 6.92 Å². The van der Waals surface area contributed by atoms with Gasteiger partial charge in [-0.15, -0.1) is 0 Å². The molecule has 0 spiro atoms. The van der Waals surface area contributed by atoms with E-state index in [9.17, 15) is 4.79 Å². The summed E-state index contributed by atoms with van der Waals surface area (Å²) < 4.78 is 4.58. The third-order valence-corrected chi connectivity index (χ3v) is 1.22. The Labute approximate surface area is 69.4 Å². The van der Waals surface area contributed by atoms with Crippen molar-refractivity contribution < 1.29 is 14.4 Å². The zero-order valence-corrected chi connectivity index (χ0v) is 6.65. The molecule has 1 aromatic rings. The minimum atomic E-state index is -0.558. The van der Waals surface area contributed by atoms with Crippen LogP contribution >= 0.6 is 0 Å². The number of nitrogens with one attached hydrogen (secondary N) is 1. The molecule has 5 heteroatoms. The molecule has 1 atom stereocenters. The van der Waals surface area contributed by atoms with Gasteiger partial charge in [0.1, 0.15) is 0 Å². The number of nitrogens with zero attached hydrogens (tertiary/aromatic N) is 1. The van der Waals surface area contributed by atoms with Gasteiger partial charge in [-0.25, -0.2) is 0 Å². The van der Waals surface area contributed by atoms with Crippen molar-refractivity contribution in [3.8, 4) is 0 Å². The molecule has 0 unspecified atom stereocenters. The van der Waals surface area contributed by atoms with Crippen LogP contribution in [0.2, 0.25) is 0 Å². The number of carbonyl (C=O) groups excluding carboxylic acids is 1. The van der Waals surface area contributed by atoms with Crippen molar-refractivity contribution in [3.05, 3.63) is 18.0 Å². The number of aliphatic hydroxyl groups excluding tert-OH is 1. The van der Waals surface area contributed by atoms with Gasteiger partial charge in [-0.3, -0.25) is 4.79 Å². The summed E-state index contributed by atoms with van der Waals surface area (Å²) in [5.74, 6) is -0.218. The molecule has 1 aromatic heterocycles. The van der Waals surface area contributed by atoms with Crippen molar-refractivity contribution in [2.45, 2.75) is 13.0 Å². The summed E-state index contributed by atoms with van der Waals surface area (Å²) in [6.45, 7) is 1.79. The van der Waals surface area contributed by atoms with Crippen molar-refractivity contribution in [2.75, 3.05) is 6.54 Å². The Morgan fingerprint density at radius 2 is 2.67 bits per heavy atom. The van der Waals surface area contributed by atoms with Crippen LogP contribution in [-0.2, 0) is 0 Å². The largest absolute Gasteiger partial charge is 0.392 e. The monoisotopic (exact) mass is 170 g/mol. The first-order valence-electron chi connectivity index (χ1n) is 3.57. The third-order valence-electron chi connectivity index (χ3n) is 1.22. The minimum Gasteiger partial charge on any atom is -0.392 e. The fourth-order valence-corrected chi connectivity index (χ4v) is 0.660. The van der Waals surface area contributed by atoms with Crippen LogP contribution in [0.3, 0.4) is 0 Å². The molecule has 0 saturated heterocycles. The molecular weight excluding hydrogens is 160 g/mol. The van der Waals surface area contributed by atoms with Crippen LogP contribution in [-0.4, -0.2) is 28.8 Å². The Morgan fingerprint density at radius 1 is 1.92 bits per heavy atom. The summed E-state index contributed by atoms with van der Waals surface area (Å²) in [6.07, 6.45) is 0.828. The third kappa shape index (κ3) is 2.35. The summed E-state index contributed by atoms with van der Waals surface area (Å²) in [7, 11) is 0. The Hall–Kier alpha value is -1.36. The quantitative estimate of drug-likeness (QED) is 0.657. The highest BCUT2D eigenvalue weighted by Gasteiger charge is 2.08. The molecule has 1 rings (SSSR count). The van der Waals surface area contributed by atoms with E-state index in [2.05, 4.69) is 15.0 Å². The molecule has 12 heavy (non-hydrogen) atoms. The van der Waals surface area contributed by atoms with E-state index in [1.807, 2.05) is 0 Å². The second-order valence-electron chi connectivity index (χ2n) is 2.44. The van der Waals surface area contributed by atoms with Crippen molar-refractivity contribution in [3.63, 3.8) is 0 Å². The summed E-state index contributed by atoms with van der Waals surface area (Å²) in [5.41, 5.74) is 0. The minimum absolute atomic E-state index is 0.149. The maximum Gasteiger partial charge on any atom is 0.289 e. The van der Waals surface area contributed by atoms with E-state index in [4.69, 9.17) is 5.11 Å². The molecule has 0 radical (unpaired) electrons. The number of aliphatic hydroxyl groups is 1. The predicted octanol–water partition coefficient (Wildman–Crippen LogP) is -0.215. The number of aromatic nitrogens is 1. The number of rotatable bonds is 3. The zero-order valence-electron chi connectivity index (χ0n) is 6.65. The topological polar surface area (TPSA) is 75.4 Å². The summed E-state index contributed by atoms with van der Waals surface area (Å²) in [5, 5.41) is 14.7. The van der Waals surface area contributed by atoms with Gasteiger partial charge < -0.3 is 14.9 Å². The van der Waals surface area contributed by atoms with Crippen molar-refractivity contribution in [1.82, 2.24) is 10.5 Å². The molecule has 0 saturated carbocycles. The molecule has 0 bridgehead atoms. The van der Waals surface area contributed by atoms with E-state index < -0.39 is 6.10 Å². The molecule has 66 valence electrons. The zero-order chi connectivity index (χ0) is 8.97. The fraction of sp³-hybridized carbons (Fsp3) is 0.429. The summed E-state index contributed by atoms with van der Waals surface area (Å²) in [4.78, 5) is 11.1. The lowest BCUT2D eigenvalue weighted by atomic mass is 10.4. The predicted molar refractivity (Wildman–Crippen MR) is 40.5 cm³/mol. The average molecular weight is 170 g/mol. The first kappa shape index (κ1) is 8.73. The van der Waals surface area contributed by atoms with Crippen LogP contribution in [0.4, 0.5) is 0 Å². The first-order valence-corrected chi connectivity index (χ1v) is 3.57. The van der Waals surface area contributed by atoms with E-state index in [1.165, 1.54) is 12.3 Å².